The van der Waals surface area contributed by atoms with Gasteiger partial charge in [0.2, 0.25) is 0 Å². The van der Waals surface area contributed by atoms with E-state index in [-0.39, 0.29) is 11.9 Å². The number of hydrogen-bond donors (Lipinski definition) is 1. The third kappa shape index (κ3) is 3.42. The minimum absolute atomic E-state index is 0.269. The summed E-state index contributed by atoms with van der Waals surface area (Å²) >= 11 is 12.9. The van der Waals surface area contributed by atoms with Crippen LogP contribution in [0.3, 0.4) is 0 Å². The Kier molecular flexibility index (Phi) is 5.61. The molecular weight excluding hydrogens is 408 g/mol. The van der Waals surface area contributed by atoms with Crippen molar-refractivity contribution in [1.82, 2.24) is 5.32 Å². The van der Waals surface area contributed by atoms with Gasteiger partial charge in [0.15, 0.2) is 0 Å². The van der Waals surface area contributed by atoms with Crippen molar-refractivity contribution in [2.45, 2.75) is 13.0 Å². The van der Waals surface area contributed by atoms with Gasteiger partial charge in [0.05, 0.1) is 10.5 Å². The van der Waals surface area contributed by atoms with E-state index in [2.05, 4.69) is 37.2 Å². The largest absolute Gasteiger partial charge is 0.306 e. The van der Waals surface area contributed by atoms with E-state index in [4.69, 9.17) is 11.6 Å². The highest BCUT2D eigenvalue weighted by atomic mass is 79.9. The van der Waals surface area contributed by atoms with Crippen LogP contribution in [-0.4, -0.2) is 6.54 Å². The summed E-state index contributed by atoms with van der Waals surface area (Å²) in [6.45, 7) is 2.69. The van der Waals surface area contributed by atoms with E-state index < -0.39 is 0 Å². The Balaban J connectivity index is 2.56. The smallest absolute Gasteiger partial charge is 0.142 e. The topological polar surface area (TPSA) is 12.0 Å². The Bertz CT molecular complexity index is 617. The van der Waals surface area contributed by atoms with Crippen molar-refractivity contribution in [3.63, 3.8) is 0 Å². The summed E-state index contributed by atoms with van der Waals surface area (Å²) in [6.07, 6.45) is 0. The second kappa shape index (κ2) is 7.03. The molecule has 1 N–H and O–H groups in total. The molecule has 20 heavy (non-hydrogen) atoms. The second-order valence-electron chi connectivity index (χ2n) is 4.30. The van der Waals surface area contributed by atoms with Crippen LogP contribution < -0.4 is 5.32 Å². The van der Waals surface area contributed by atoms with Gasteiger partial charge in [-0.1, -0.05) is 46.6 Å². The monoisotopic (exact) mass is 419 g/mol. The SMILES string of the molecule is CCNC(c1cc(Br)ccc1Cl)c1cccc(Br)c1F. The molecule has 0 heterocycles. The molecular formula is C15H13Br2ClFN. The van der Waals surface area contributed by atoms with E-state index in [0.717, 1.165) is 10.0 Å². The Labute approximate surface area is 139 Å². The highest BCUT2D eigenvalue weighted by molar-refractivity contribution is 9.10. The molecule has 0 radical (unpaired) electrons. The average Bonchev–Trinajstić information content (AvgIpc) is 2.43. The standard InChI is InChI=1S/C15H13Br2ClFN/c1-2-20-15(10-4-3-5-12(17)14(10)19)11-8-9(16)6-7-13(11)18/h3-8,15,20H,2H2,1H3. The van der Waals surface area contributed by atoms with Gasteiger partial charge in [0, 0.05) is 15.1 Å². The molecule has 2 rings (SSSR count). The zero-order chi connectivity index (χ0) is 14.7. The predicted octanol–water partition coefficient (Wildman–Crippen LogP) is 5.70. The third-order valence-electron chi connectivity index (χ3n) is 2.97. The first kappa shape index (κ1) is 16.0. The maximum Gasteiger partial charge on any atom is 0.142 e. The van der Waals surface area contributed by atoms with Crippen LogP contribution in [0.5, 0.6) is 0 Å². The molecule has 0 saturated heterocycles. The zero-order valence-electron chi connectivity index (χ0n) is 10.8. The third-order valence-corrected chi connectivity index (χ3v) is 4.42. The van der Waals surface area contributed by atoms with Crippen LogP contribution in [0.4, 0.5) is 4.39 Å². The first-order chi connectivity index (χ1) is 9.54. The summed E-state index contributed by atoms with van der Waals surface area (Å²) in [5.74, 6) is -0.269. The van der Waals surface area contributed by atoms with Crippen LogP contribution in [0.1, 0.15) is 24.1 Å². The van der Waals surface area contributed by atoms with Crippen molar-refractivity contribution in [2.75, 3.05) is 6.54 Å². The van der Waals surface area contributed by atoms with E-state index in [9.17, 15) is 4.39 Å². The minimum atomic E-state index is -0.289. The van der Waals surface area contributed by atoms with Crippen molar-refractivity contribution < 1.29 is 4.39 Å². The molecule has 1 unspecified atom stereocenters. The van der Waals surface area contributed by atoms with Crippen LogP contribution in [0.2, 0.25) is 5.02 Å². The van der Waals surface area contributed by atoms with Crippen LogP contribution >= 0.6 is 43.5 Å². The summed E-state index contributed by atoms with van der Waals surface area (Å²) < 4.78 is 15.7. The van der Waals surface area contributed by atoms with Crippen molar-refractivity contribution in [1.29, 1.82) is 0 Å². The van der Waals surface area contributed by atoms with Gasteiger partial charge >= 0.3 is 0 Å². The number of benzene rings is 2. The van der Waals surface area contributed by atoms with Gasteiger partial charge in [-0.3, -0.25) is 0 Å². The summed E-state index contributed by atoms with van der Waals surface area (Å²) in [5, 5.41) is 3.89. The summed E-state index contributed by atoms with van der Waals surface area (Å²) in [7, 11) is 0. The van der Waals surface area contributed by atoms with E-state index in [1.54, 1.807) is 18.2 Å². The lowest BCUT2D eigenvalue weighted by molar-refractivity contribution is 0.555. The van der Waals surface area contributed by atoms with Gasteiger partial charge in [-0.2, -0.15) is 0 Å². The first-order valence-corrected chi connectivity index (χ1v) is 8.13. The van der Waals surface area contributed by atoms with E-state index in [1.165, 1.54) is 0 Å². The maximum absolute atomic E-state index is 14.4. The second-order valence-corrected chi connectivity index (χ2v) is 6.48. The van der Waals surface area contributed by atoms with Crippen molar-refractivity contribution in [2.24, 2.45) is 0 Å². The van der Waals surface area contributed by atoms with Gasteiger partial charge in [0.1, 0.15) is 5.82 Å². The summed E-state index contributed by atoms with van der Waals surface area (Å²) in [6, 6.07) is 10.6. The molecule has 106 valence electrons. The summed E-state index contributed by atoms with van der Waals surface area (Å²) in [5.41, 5.74) is 1.42. The fourth-order valence-electron chi connectivity index (χ4n) is 2.07. The molecule has 2 aromatic carbocycles. The van der Waals surface area contributed by atoms with E-state index in [0.29, 0.717) is 21.6 Å². The van der Waals surface area contributed by atoms with Crippen LogP contribution in [0.15, 0.2) is 45.3 Å². The Morgan fingerprint density at radius 2 is 1.95 bits per heavy atom. The predicted molar refractivity (Wildman–Crippen MR) is 88.8 cm³/mol. The van der Waals surface area contributed by atoms with Gasteiger partial charge in [-0.15, -0.1) is 0 Å². The first-order valence-electron chi connectivity index (χ1n) is 6.16. The highest BCUT2D eigenvalue weighted by Gasteiger charge is 2.20. The van der Waals surface area contributed by atoms with Gasteiger partial charge in [0.25, 0.3) is 0 Å². The van der Waals surface area contributed by atoms with Crippen LogP contribution in [0.25, 0.3) is 0 Å². The lowest BCUT2D eigenvalue weighted by atomic mass is 9.98. The fraction of sp³-hybridized carbons (Fsp3) is 0.200. The van der Waals surface area contributed by atoms with Gasteiger partial charge in [-0.25, -0.2) is 4.39 Å². The molecule has 0 spiro atoms. The van der Waals surface area contributed by atoms with Crippen molar-refractivity contribution in [3.8, 4) is 0 Å². The van der Waals surface area contributed by atoms with Crippen molar-refractivity contribution >= 4 is 43.5 Å². The number of rotatable bonds is 4. The van der Waals surface area contributed by atoms with E-state index in [1.807, 2.05) is 25.1 Å². The molecule has 0 saturated carbocycles. The molecule has 5 heteroatoms. The van der Waals surface area contributed by atoms with Gasteiger partial charge in [-0.05, 0) is 52.3 Å². The molecule has 0 aliphatic carbocycles. The number of nitrogens with one attached hydrogen (secondary N) is 1. The summed E-state index contributed by atoms with van der Waals surface area (Å²) in [4.78, 5) is 0. The molecule has 1 nitrogen and oxygen atoms in total. The Morgan fingerprint density at radius 3 is 2.65 bits per heavy atom. The van der Waals surface area contributed by atoms with Crippen LogP contribution in [0, 0.1) is 5.82 Å². The zero-order valence-corrected chi connectivity index (χ0v) is 14.7. The van der Waals surface area contributed by atoms with E-state index >= 15 is 0 Å². The molecule has 0 fully saturated rings. The molecule has 0 aromatic heterocycles. The minimum Gasteiger partial charge on any atom is -0.306 e. The lowest BCUT2D eigenvalue weighted by Gasteiger charge is -2.21. The molecule has 1 atom stereocenters. The average molecular weight is 422 g/mol. The van der Waals surface area contributed by atoms with Gasteiger partial charge < -0.3 is 5.32 Å². The highest BCUT2D eigenvalue weighted by Crippen LogP contribution is 2.33. The number of hydrogen-bond acceptors (Lipinski definition) is 1. The molecule has 2 aromatic rings. The molecule has 0 aliphatic rings. The number of halogens is 4. The molecule has 0 aliphatic heterocycles. The lowest BCUT2D eigenvalue weighted by Crippen LogP contribution is -2.23. The maximum atomic E-state index is 14.4. The molecule has 0 bridgehead atoms. The fourth-order valence-corrected chi connectivity index (χ4v) is 3.06. The van der Waals surface area contributed by atoms with Crippen LogP contribution in [-0.2, 0) is 0 Å². The quantitative estimate of drug-likeness (QED) is 0.667. The Morgan fingerprint density at radius 1 is 1.20 bits per heavy atom. The normalized spacial score (nSPS) is 12.4. The Hall–Kier alpha value is -0.420. The van der Waals surface area contributed by atoms with Crippen molar-refractivity contribution in [3.05, 3.63) is 67.3 Å². The molecule has 0 amide bonds.